The van der Waals surface area contributed by atoms with Crippen molar-refractivity contribution in [3.8, 4) is 0 Å². The van der Waals surface area contributed by atoms with Crippen molar-refractivity contribution in [2.75, 3.05) is 46.9 Å². The molecule has 4 N–H and O–H groups in total. The number of likely N-dealkylation sites (N-methyl/N-ethyl adjacent to an activating group) is 1. The fourth-order valence-corrected chi connectivity index (χ4v) is 1.79. The van der Waals surface area contributed by atoms with E-state index in [-0.39, 0.29) is 0 Å². The normalized spacial score (nSPS) is 17.2. The Labute approximate surface area is 103 Å². The van der Waals surface area contributed by atoms with Gasteiger partial charge in [0, 0.05) is 33.7 Å². The highest BCUT2D eigenvalue weighted by atomic mass is 16.5. The lowest BCUT2D eigenvalue weighted by atomic mass is 10.3. The van der Waals surface area contributed by atoms with E-state index in [0.29, 0.717) is 19.0 Å². The molecule has 1 aliphatic rings. The first kappa shape index (κ1) is 13.6. The van der Waals surface area contributed by atoms with E-state index in [1.807, 2.05) is 25.9 Å². The van der Waals surface area contributed by atoms with Crippen LogP contribution in [0.2, 0.25) is 0 Å². The highest BCUT2D eigenvalue weighted by Crippen LogP contribution is 2.05. The summed E-state index contributed by atoms with van der Waals surface area (Å²) in [6.45, 7) is 5.77. The van der Waals surface area contributed by atoms with Crippen molar-refractivity contribution in [2.24, 2.45) is 0 Å². The summed E-state index contributed by atoms with van der Waals surface area (Å²) in [7, 11) is 3.68. The molecule has 0 aromatic carbocycles. The van der Waals surface area contributed by atoms with Crippen molar-refractivity contribution < 1.29 is 4.74 Å². The zero-order valence-electron chi connectivity index (χ0n) is 10.9. The van der Waals surface area contributed by atoms with E-state index in [9.17, 15) is 0 Å². The molecule has 1 saturated heterocycles. The van der Waals surface area contributed by atoms with Gasteiger partial charge in [-0.15, -0.1) is 0 Å². The molecule has 17 heavy (non-hydrogen) atoms. The predicted octanol–water partition coefficient (Wildman–Crippen LogP) is -0.487. The van der Waals surface area contributed by atoms with Gasteiger partial charge >= 0.3 is 0 Å². The van der Waals surface area contributed by atoms with Crippen LogP contribution in [0.1, 0.15) is 6.92 Å². The highest BCUT2D eigenvalue weighted by Gasteiger charge is 2.19. The van der Waals surface area contributed by atoms with Gasteiger partial charge in [0.1, 0.15) is 17.4 Å². The monoisotopic (exact) mass is 241 g/mol. The molecule has 0 spiro atoms. The molecule has 0 radical (unpaired) electrons. The Kier molecular flexibility index (Phi) is 5.62. The third-order valence-corrected chi connectivity index (χ3v) is 2.67. The van der Waals surface area contributed by atoms with Crippen molar-refractivity contribution in [1.29, 1.82) is 5.41 Å². The second-order valence-corrected chi connectivity index (χ2v) is 3.73. The standard InChI is InChI=1S/C11H23N5O/c1-4-15-11(14-3)9(13-2)10(12)16-5-7-17-8-6-16/h12-15H,4-8H2,1-3H3/b11-9-,12-10?. The minimum atomic E-state index is 0.501. The lowest BCUT2D eigenvalue weighted by Crippen LogP contribution is -2.45. The van der Waals surface area contributed by atoms with Crippen LogP contribution in [0.3, 0.4) is 0 Å². The van der Waals surface area contributed by atoms with Crippen LogP contribution in [0, 0.1) is 5.41 Å². The Morgan fingerprint density at radius 2 is 1.88 bits per heavy atom. The molecule has 98 valence electrons. The SMILES string of the molecule is CCN/C(NC)=C(\NC)C(=N)N1CCOCC1. The summed E-state index contributed by atoms with van der Waals surface area (Å²) in [5, 5.41) is 17.6. The van der Waals surface area contributed by atoms with Crippen molar-refractivity contribution in [3.63, 3.8) is 0 Å². The minimum absolute atomic E-state index is 0.501. The molecule has 0 saturated carbocycles. The van der Waals surface area contributed by atoms with Gasteiger partial charge < -0.3 is 25.6 Å². The Bertz CT molecular complexity index is 284. The molecule has 0 amide bonds. The first-order chi connectivity index (χ1) is 8.24. The molecule has 0 bridgehead atoms. The number of morpholine rings is 1. The van der Waals surface area contributed by atoms with E-state index in [4.69, 9.17) is 10.1 Å². The highest BCUT2D eigenvalue weighted by molar-refractivity contribution is 5.95. The van der Waals surface area contributed by atoms with E-state index in [1.54, 1.807) is 0 Å². The summed E-state index contributed by atoms with van der Waals surface area (Å²) in [6.07, 6.45) is 0. The number of nitrogens with one attached hydrogen (secondary N) is 4. The maximum Gasteiger partial charge on any atom is 0.148 e. The van der Waals surface area contributed by atoms with E-state index in [2.05, 4.69) is 16.0 Å². The van der Waals surface area contributed by atoms with Gasteiger partial charge in [-0.25, -0.2) is 0 Å². The Hall–Kier alpha value is -1.43. The third kappa shape index (κ3) is 3.52. The van der Waals surface area contributed by atoms with Gasteiger partial charge in [-0.1, -0.05) is 0 Å². The number of nitrogens with zero attached hydrogens (tertiary/aromatic N) is 1. The lowest BCUT2D eigenvalue weighted by Gasteiger charge is -2.30. The number of ether oxygens (including phenoxy) is 1. The van der Waals surface area contributed by atoms with Crippen molar-refractivity contribution in [3.05, 3.63) is 11.5 Å². The van der Waals surface area contributed by atoms with Crippen LogP contribution in [-0.4, -0.2) is 57.7 Å². The lowest BCUT2D eigenvalue weighted by molar-refractivity contribution is 0.0677. The van der Waals surface area contributed by atoms with Crippen molar-refractivity contribution in [1.82, 2.24) is 20.9 Å². The molecule has 1 aliphatic heterocycles. The molecular formula is C11H23N5O. The third-order valence-electron chi connectivity index (χ3n) is 2.67. The molecule has 0 unspecified atom stereocenters. The Morgan fingerprint density at radius 1 is 1.24 bits per heavy atom. The molecular weight excluding hydrogens is 218 g/mol. The van der Waals surface area contributed by atoms with Crippen molar-refractivity contribution in [2.45, 2.75) is 6.92 Å². The molecule has 0 aliphatic carbocycles. The Morgan fingerprint density at radius 3 is 2.35 bits per heavy atom. The fraction of sp³-hybridized carbons (Fsp3) is 0.727. The Balaban J connectivity index is 2.79. The van der Waals surface area contributed by atoms with E-state index in [1.165, 1.54) is 0 Å². The summed E-state index contributed by atoms with van der Waals surface area (Å²) in [5.41, 5.74) is 0.788. The summed E-state index contributed by atoms with van der Waals surface area (Å²) in [5.74, 6) is 1.35. The van der Waals surface area contributed by atoms with Crippen molar-refractivity contribution >= 4 is 5.84 Å². The van der Waals surface area contributed by atoms with Crippen LogP contribution >= 0.6 is 0 Å². The van der Waals surface area contributed by atoms with E-state index < -0.39 is 0 Å². The largest absolute Gasteiger partial charge is 0.382 e. The van der Waals surface area contributed by atoms with Crippen LogP contribution in [0.15, 0.2) is 11.5 Å². The van der Waals surface area contributed by atoms with Gasteiger partial charge in [-0.05, 0) is 6.92 Å². The zero-order valence-corrected chi connectivity index (χ0v) is 10.9. The molecule has 1 rings (SSSR count). The first-order valence-electron chi connectivity index (χ1n) is 5.99. The van der Waals surface area contributed by atoms with Crippen LogP contribution in [0.25, 0.3) is 0 Å². The molecule has 0 atom stereocenters. The molecule has 1 fully saturated rings. The van der Waals surface area contributed by atoms with Gasteiger partial charge in [-0.3, -0.25) is 5.41 Å². The first-order valence-corrected chi connectivity index (χ1v) is 5.99. The molecule has 6 nitrogen and oxygen atoms in total. The smallest absolute Gasteiger partial charge is 0.148 e. The van der Waals surface area contributed by atoms with Gasteiger partial charge in [-0.2, -0.15) is 0 Å². The molecule has 1 heterocycles. The average Bonchev–Trinajstić information content (AvgIpc) is 2.39. The summed E-state index contributed by atoms with van der Waals surface area (Å²) < 4.78 is 5.29. The van der Waals surface area contributed by atoms with Gasteiger partial charge in [0.25, 0.3) is 0 Å². The maximum absolute atomic E-state index is 8.22. The molecule has 0 aromatic rings. The minimum Gasteiger partial charge on any atom is -0.382 e. The van der Waals surface area contributed by atoms with Crippen LogP contribution in [-0.2, 0) is 4.74 Å². The van der Waals surface area contributed by atoms with Crippen LogP contribution < -0.4 is 16.0 Å². The predicted molar refractivity (Wildman–Crippen MR) is 68.9 cm³/mol. The van der Waals surface area contributed by atoms with Crippen LogP contribution in [0.4, 0.5) is 0 Å². The summed E-state index contributed by atoms with van der Waals surface area (Å²) >= 11 is 0. The maximum atomic E-state index is 8.22. The van der Waals surface area contributed by atoms with Gasteiger partial charge in [0.05, 0.1) is 13.2 Å². The topological polar surface area (TPSA) is 72.4 Å². The number of rotatable bonds is 5. The average molecular weight is 241 g/mol. The number of amidine groups is 1. The quantitative estimate of drug-likeness (QED) is 0.386. The van der Waals surface area contributed by atoms with Gasteiger partial charge in [0.2, 0.25) is 0 Å². The number of hydrogen-bond donors (Lipinski definition) is 4. The zero-order chi connectivity index (χ0) is 12.7. The van der Waals surface area contributed by atoms with Crippen LogP contribution in [0.5, 0.6) is 0 Å². The molecule has 6 heteroatoms. The summed E-state index contributed by atoms with van der Waals surface area (Å²) in [6, 6.07) is 0. The summed E-state index contributed by atoms with van der Waals surface area (Å²) in [4.78, 5) is 2.02. The van der Waals surface area contributed by atoms with E-state index >= 15 is 0 Å². The second kappa shape index (κ2) is 7.01. The fourth-order valence-electron chi connectivity index (χ4n) is 1.79. The number of hydrogen-bond acceptors (Lipinski definition) is 5. The van der Waals surface area contributed by atoms with E-state index in [0.717, 1.165) is 31.2 Å². The molecule has 0 aromatic heterocycles. The van der Waals surface area contributed by atoms with Gasteiger partial charge in [0.15, 0.2) is 0 Å². The second-order valence-electron chi connectivity index (χ2n) is 3.73.